The van der Waals surface area contributed by atoms with Gasteiger partial charge in [0.1, 0.15) is 0 Å². The van der Waals surface area contributed by atoms with Gasteiger partial charge >= 0.3 is 5.69 Å². The summed E-state index contributed by atoms with van der Waals surface area (Å²) in [6.07, 6.45) is 1.66. The molecule has 0 saturated carbocycles. The Balaban J connectivity index is 1.44. The molecule has 2 aromatic carbocycles. The Morgan fingerprint density at radius 2 is 1.92 bits per heavy atom. The molecule has 0 spiro atoms. The van der Waals surface area contributed by atoms with Gasteiger partial charge in [0.2, 0.25) is 5.91 Å². The number of nitrogens with zero attached hydrogens (tertiary/aromatic N) is 1. The van der Waals surface area contributed by atoms with Crippen LogP contribution in [0.25, 0.3) is 11.0 Å². The highest BCUT2D eigenvalue weighted by Crippen LogP contribution is 2.23. The number of rotatable bonds is 7. The summed E-state index contributed by atoms with van der Waals surface area (Å²) in [7, 11) is 0. The molecule has 0 aliphatic heterocycles. The van der Waals surface area contributed by atoms with Crippen LogP contribution in [-0.2, 0) is 17.8 Å². The van der Waals surface area contributed by atoms with Gasteiger partial charge in [-0.05, 0) is 42.7 Å². The van der Waals surface area contributed by atoms with E-state index in [1.165, 1.54) is 0 Å². The van der Waals surface area contributed by atoms with Crippen molar-refractivity contribution in [3.05, 3.63) is 68.6 Å². The van der Waals surface area contributed by atoms with Crippen LogP contribution >= 0.6 is 23.2 Å². The zero-order valence-corrected chi connectivity index (χ0v) is 15.6. The molecule has 0 aliphatic rings. The maximum absolute atomic E-state index is 12.0. The third-order valence-corrected chi connectivity index (χ3v) is 4.93. The molecule has 0 aliphatic carbocycles. The summed E-state index contributed by atoms with van der Waals surface area (Å²) < 4.78 is 1.69. The van der Waals surface area contributed by atoms with Gasteiger partial charge in [-0.3, -0.25) is 9.36 Å². The lowest BCUT2D eigenvalue weighted by Crippen LogP contribution is -2.26. The number of carbonyl (C=O) groups is 1. The summed E-state index contributed by atoms with van der Waals surface area (Å²) >= 11 is 11.9. The first-order valence-corrected chi connectivity index (χ1v) is 9.18. The van der Waals surface area contributed by atoms with Gasteiger partial charge in [0.05, 0.1) is 21.1 Å². The van der Waals surface area contributed by atoms with Crippen LogP contribution in [0.4, 0.5) is 0 Å². The van der Waals surface area contributed by atoms with Crippen molar-refractivity contribution in [2.45, 2.75) is 25.8 Å². The van der Waals surface area contributed by atoms with Crippen LogP contribution in [0.2, 0.25) is 10.0 Å². The minimum Gasteiger partial charge on any atom is -0.356 e. The molecule has 7 heteroatoms. The number of fused-ring (bicyclic) bond motifs is 1. The number of aromatic nitrogens is 2. The second-order valence-electron chi connectivity index (χ2n) is 6.05. The number of aromatic amines is 1. The predicted octanol–water partition coefficient (Wildman–Crippen LogP) is 3.78. The summed E-state index contributed by atoms with van der Waals surface area (Å²) in [4.78, 5) is 26.8. The van der Waals surface area contributed by atoms with Crippen molar-refractivity contribution >= 4 is 40.1 Å². The molecule has 3 aromatic rings. The Labute approximate surface area is 160 Å². The van der Waals surface area contributed by atoms with Crippen molar-refractivity contribution in [3.63, 3.8) is 0 Å². The quantitative estimate of drug-likeness (QED) is 0.601. The first kappa shape index (κ1) is 18.5. The SMILES string of the molecule is O=C(CCc1ccc(Cl)c(Cl)c1)NCCCn1c(=O)[nH]c2ccccc21. The highest BCUT2D eigenvalue weighted by Gasteiger charge is 2.07. The van der Waals surface area contributed by atoms with Gasteiger partial charge in [0, 0.05) is 19.5 Å². The van der Waals surface area contributed by atoms with Crippen molar-refractivity contribution < 1.29 is 4.79 Å². The van der Waals surface area contributed by atoms with E-state index in [0.717, 1.165) is 16.6 Å². The van der Waals surface area contributed by atoms with E-state index < -0.39 is 0 Å². The standard InChI is InChI=1S/C19H19Cl2N3O2/c20-14-8-6-13(12-15(14)21)7-9-18(25)22-10-3-11-24-17-5-2-1-4-16(17)23-19(24)26/h1-2,4-6,8,12H,3,7,9-11H2,(H,22,25)(H,23,26). The highest BCUT2D eigenvalue weighted by molar-refractivity contribution is 6.42. The molecular formula is C19H19Cl2N3O2. The maximum atomic E-state index is 12.0. The Morgan fingerprint density at radius 1 is 1.12 bits per heavy atom. The van der Waals surface area contributed by atoms with Crippen molar-refractivity contribution in [2.75, 3.05) is 6.54 Å². The van der Waals surface area contributed by atoms with Crippen LogP contribution < -0.4 is 11.0 Å². The second kappa shape index (κ2) is 8.43. The summed E-state index contributed by atoms with van der Waals surface area (Å²) in [6.45, 7) is 1.07. The third-order valence-electron chi connectivity index (χ3n) is 4.19. The van der Waals surface area contributed by atoms with Crippen LogP contribution in [0.3, 0.4) is 0 Å². The van der Waals surface area contributed by atoms with Gasteiger partial charge < -0.3 is 10.3 Å². The van der Waals surface area contributed by atoms with E-state index in [-0.39, 0.29) is 11.6 Å². The molecule has 2 N–H and O–H groups in total. The normalized spacial score (nSPS) is 11.0. The van der Waals surface area contributed by atoms with E-state index in [9.17, 15) is 9.59 Å². The number of aryl methyl sites for hydroxylation is 2. The molecule has 136 valence electrons. The highest BCUT2D eigenvalue weighted by atomic mass is 35.5. The topological polar surface area (TPSA) is 66.9 Å². The van der Waals surface area contributed by atoms with E-state index >= 15 is 0 Å². The molecule has 3 rings (SSSR count). The van der Waals surface area contributed by atoms with Gasteiger partial charge in [-0.15, -0.1) is 0 Å². The van der Waals surface area contributed by atoms with Gasteiger partial charge in [0.25, 0.3) is 0 Å². The summed E-state index contributed by atoms with van der Waals surface area (Å²) in [5, 5.41) is 3.89. The van der Waals surface area contributed by atoms with Gasteiger partial charge in [-0.1, -0.05) is 41.4 Å². The van der Waals surface area contributed by atoms with E-state index in [1.807, 2.05) is 30.3 Å². The number of hydrogen-bond donors (Lipinski definition) is 2. The number of H-pyrrole nitrogens is 1. The predicted molar refractivity (Wildman–Crippen MR) is 105 cm³/mol. The fourth-order valence-electron chi connectivity index (χ4n) is 2.84. The molecule has 26 heavy (non-hydrogen) atoms. The molecule has 0 bridgehead atoms. The van der Waals surface area contributed by atoms with Gasteiger partial charge in [-0.25, -0.2) is 4.79 Å². The number of nitrogens with one attached hydrogen (secondary N) is 2. The van der Waals surface area contributed by atoms with E-state index in [1.54, 1.807) is 16.7 Å². The Bertz CT molecular complexity index is 978. The van der Waals surface area contributed by atoms with Crippen LogP contribution in [-0.4, -0.2) is 22.0 Å². The first-order chi connectivity index (χ1) is 12.5. The molecule has 0 radical (unpaired) electrons. The molecule has 5 nitrogen and oxygen atoms in total. The van der Waals surface area contributed by atoms with Crippen LogP contribution in [0.1, 0.15) is 18.4 Å². The average molecular weight is 392 g/mol. The molecule has 0 unspecified atom stereocenters. The summed E-state index contributed by atoms with van der Waals surface area (Å²) in [6, 6.07) is 12.9. The van der Waals surface area contributed by atoms with Gasteiger partial charge in [-0.2, -0.15) is 0 Å². The lowest BCUT2D eigenvalue weighted by Gasteiger charge is -2.07. The average Bonchev–Trinajstić information content (AvgIpc) is 2.95. The summed E-state index contributed by atoms with van der Waals surface area (Å²) in [5.74, 6) is -0.0256. The molecule has 0 fully saturated rings. The zero-order valence-electron chi connectivity index (χ0n) is 14.1. The lowest BCUT2D eigenvalue weighted by molar-refractivity contribution is -0.121. The monoisotopic (exact) mass is 391 g/mol. The van der Waals surface area contributed by atoms with E-state index in [4.69, 9.17) is 23.2 Å². The number of hydrogen-bond acceptors (Lipinski definition) is 2. The minimum absolute atomic E-state index is 0.0256. The van der Waals surface area contributed by atoms with Crippen LogP contribution in [0.15, 0.2) is 47.3 Å². The Morgan fingerprint density at radius 3 is 2.73 bits per heavy atom. The molecule has 0 atom stereocenters. The maximum Gasteiger partial charge on any atom is 0.326 e. The summed E-state index contributed by atoms with van der Waals surface area (Å²) in [5.41, 5.74) is 2.55. The molecular weight excluding hydrogens is 373 g/mol. The minimum atomic E-state index is -0.128. The van der Waals surface area contributed by atoms with Crippen molar-refractivity contribution in [1.29, 1.82) is 0 Å². The van der Waals surface area contributed by atoms with Crippen molar-refractivity contribution in [3.8, 4) is 0 Å². The van der Waals surface area contributed by atoms with E-state index in [0.29, 0.717) is 42.4 Å². The first-order valence-electron chi connectivity index (χ1n) is 8.43. The number of carbonyl (C=O) groups excluding carboxylic acids is 1. The molecule has 0 saturated heterocycles. The number of amides is 1. The van der Waals surface area contributed by atoms with Crippen LogP contribution in [0.5, 0.6) is 0 Å². The third kappa shape index (κ3) is 4.48. The number of halogens is 2. The van der Waals surface area contributed by atoms with Crippen LogP contribution in [0, 0.1) is 0 Å². The molecule has 1 heterocycles. The second-order valence-corrected chi connectivity index (χ2v) is 6.87. The number of imidazole rings is 1. The van der Waals surface area contributed by atoms with Crippen molar-refractivity contribution in [2.24, 2.45) is 0 Å². The number of para-hydroxylation sites is 2. The van der Waals surface area contributed by atoms with E-state index in [2.05, 4.69) is 10.3 Å². The van der Waals surface area contributed by atoms with Crippen molar-refractivity contribution in [1.82, 2.24) is 14.9 Å². The number of benzene rings is 2. The molecule has 1 aromatic heterocycles. The Kier molecular flexibility index (Phi) is 6.01. The Hall–Kier alpha value is -2.24. The zero-order chi connectivity index (χ0) is 18.5. The lowest BCUT2D eigenvalue weighted by atomic mass is 10.1. The fourth-order valence-corrected chi connectivity index (χ4v) is 3.16. The smallest absolute Gasteiger partial charge is 0.326 e. The largest absolute Gasteiger partial charge is 0.356 e. The fraction of sp³-hybridized carbons (Fsp3) is 0.263. The van der Waals surface area contributed by atoms with Gasteiger partial charge in [0.15, 0.2) is 0 Å². The molecule has 1 amide bonds.